The van der Waals surface area contributed by atoms with Crippen molar-refractivity contribution in [3.63, 3.8) is 0 Å². The molecule has 3 N–H and O–H groups in total. The molecule has 0 aliphatic carbocycles. The van der Waals surface area contributed by atoms with Gasteiger partial charge in [-0.1, -0.05) is 0 Å². The van der Waals surface area contributed by atoms with E-state index in [0.29, 0.717) is 25.1 Å². The molecule has 142 valence electrons. The maximum absolute atomic E-state index is 13.1. The van der Waals surface area contributed by atoms with Crippen molar-refractivity contribution < 1.29 is 18.8 Å². The Kier molecular flexibility index (Phi) is 5.20. The van der Waals surface area contributed by atoms with Crippen LogP contribution < -0.4 is 11.1 Å². The number of nitrogen functional groups attached to an aromatic ring is 1. The number of carbonyl (C=O) groups excluding carboxylic acids is 3. The minimum Gasteiger partial charge on any atom is -0.383 e. The number of ketones is 1. The van der Waals surface area contributed by atoms with Crippen LogP contribution in [0.5, 0.6) is 0 Å². The summed E-state index contributed by atoms with van der Waals surface area (Å²) in [5.74, 6) is -1.18. The van der Waals surface area contributed by atoms with Crippen molar-refractivity contribution in [2.75, 3.05) is 18.8 Å². The molecule has 1 saturated heterocycles. The van der Waals surface area contributed by atoms with E-state index in [0.717, 1.165) is 0 Å². The summed E-state index contributed by atoms with van der Waals surface area (Å²) in [6, 6.07) is 4.92. The van der Waals surface area contributed by atoms with Gasteiger partial charge in [0.2, 0.25) is 11.8 Å². The molecule has 1 aliphatic heterocycles. The molecular weight excluding hydrogens is 353 g/mol. The van der Waals surface area contributed by atoms with Crippen LogP contribution >= 0.6 is 0 Å². The fourth-order valence-corrected chi connectivity index (χ4v) is 3.15. The van der Waals surface area contributed by atoms with Crippen LogP contribution in [0.25, 0.3) is 5.69 Å². The number of anilines is 1. The van der Waals surface area contributed by atoms with Gasteiger partial charge in [0, 0.05) is 13.5 Å². The van der Waals surface area contributed by atoms with Crippen LogP contribution in [-0.2, 0) is 9.59 Å². The number of hydrogen-bond acceptors (Lipinski definition) is 5. The zero-order valence-electron chi connectivity index (χ0n) is 14.8. The summed E-state index contributed by atoms with van der Waals surface area (Å²) in [5, 5.41) is 6.58. The molecule has 0 spiro atoms. The Hall–Kier alpha value is -3.23. The lowest BCUT2D eigenvalue weighted by molar-refractivity contribution is -0.132. The van der Waals surface area contributed by atoms with Gasteiger partial charge < -0.3 is 16.0 Å². The van der Waals surface area contributed by atoms with E-state index in [1.54, 1.807) is 0 Å². The third kappa shape index (κ3) is 3.81. The van der Waals surface area contributed by atoms with Gasteiger partial charge in [-0.25, -0.2) is 9.07 Å². The molecule has 2 aromatic rings. The Morgan fingerprint density at radius 2 is 2.00 bits per heavy atom. The summed E-state index contributed by atoms with van der Waals surface area (Å²) in [7, 11) is 0. The van der Waals surface area contributed by atoms with Crippen molar-refractivity contribution in [2.45, 2.75) is 25.8 Å². The summed E-state index contributed by atoms with van der Waals surface area (Å²) in [6.07, 6.45) is 2.57. The Bertz CT molecular complexity index is 878. The van der Waals surface area contributed by atoms with Gasteiger partial charge in [0.25, 0.3) is 0 Å². The average molecular weight is 373 g/mol. The molecular formula is C18H20FN5O3. The number of hydrogen-bond donors (Lipinski definition) is 2. The lowest BCUT2D eigenvalue weighted by Gasteiger charge is -2.23. The normalized spacial score (nSPS) is 16.4. The second-order valence-corrected chi connectivity index (χ2v) is 6.35. The first-order valence-electron chi connectivity index (χ1n) is 8.56. The highest BCUT2D eigenvalue weighted by Crippen LogP contribution is 2.25. The maximum atomic E-state index is 13.1. The van der Waals surface area contributed by atoms with Crippen molar-refractivity contribution in [3.8, 4) is 5.69 Å². The molecule has 2 amide bonds. The van der Waals surface area contributed by atoms with Crippen molar-refractivity contribution in [1.82, 2.24) is 20.0 Å². The molecule has 0 bridgehead atoms. The van der Waals surface area contributed by atoms with E-state index >= 15 is 0 Å². The number of halogens is 1. The number of nitrogens with zero attached hydrogens (tertiary/aromatic N) is 3. The Balaban J connectivity index is 1.80. The van der Waals surface area contributed by atoms with Crippen LogP contribution in [0.2, 0.25) is 0 Å². The van der Waals surface area contributed by atoms with Crippen LogP contribution in [0.3, 0.4) is 0 Å². The minimum atomic E-state index is -0.639. The van der Waals surface area contributed by atoms with Crippen molar-refractivity contribution in [1.29, 1.82) is 0 Å². The zero-order valence-corrected chi connectivity index (χ0v) is 14.8. The molecule has 1 atom stereocenters. The second kappa shape index (κ2) is 7.56. The van der Waals surface area contributed by atoms with E-state index in [1.165, 1.54) is 47.0 Å². The van der Waals surface area contributed by atoms with Crippen molar-refractivity contribution in [3.05, 3.63) is 41.8 Å². The molecule has 1 fully saturated rings. The van der Waals surface area contributed by atoms with Gasteiger partial charge in [0.1, 0.15) is 11.6 Å². The smallest absolute Gasteiger partial charge is 0.242 e. The maximum Gasteiger partial charge on any atom is 0.242 e. The average Bonchev–Trinajstić information content (AvgIpc) is 3.27. The Morgan fingerprint density at radius 3 is 2.67 bits per heavy atom. The first-order chi connectivity index (χ1) is 12.9. The number of Topliss-reactive ketones (excluding diaryl/α,β-unsaturated/α-hetero) is 1. The zero-order chi connectivity index (χ0) is 19.6. The number of rotatable bonds is 5. The van der Waals surface area contributed by atoms with Gasteiger partial charge in [0.05, 0.1) is 30.0 Å². The van der Waals surface area contributed by atoms with Gasteiger partial charge in [-0.15, -0.1) is 0 Å². The summed E-state index contributed by atoms with van der Waals surface area (Å²) in [5.41, 5.74) is 6.82. The van der Waals surface area contributed by atoms with E-state index in [1.807, 2.05) is 0 Å². The van der Waals surface area contributed by atoms with Gasteiger partial charge in [-0.2, -0.15) is 5.10 Å². The first-order valence-corrected chi connectivity index (χ1v) is 8.56. The van der Waals surface area contributed by atoms with E-state index in [4.69, 9.17) is 5.73 Å². The summed E-state index contributed by atoms with van der Waals surface area (Å²) >= 11 is 0. The predicted molar refractivity (Wildman–Crippen MR) is 95.7 cm³/mol. The number of carbonyl (C=O) groups is 3. The SMILES string of the molecule is CC(=O)NCC(=O)N1CCC[C@@H]1C(=O)c1cnn(-c2ccc(F)cc2)c1N. The van der Waals surface area contributed by atoms with Gasteiger partial charge in [0.15, 0.2) is 5.78 Å². The Labute approximate surface area is 155 Å². The van der Waals surface area contributed by atoms with E-state index in [-0.39, 0.29) is 41.3 Å². The monoisotopic (exact) mass is 373 g/mol. The quantitative estimate of drug-likeness (QED) is 0.757. The predicted octanol–water partition coefficient (Wildman–Crippen LogP) is 0.903. The van der Waals surface area contributed by atoms with Gasteiger partial charge in [-0.3, -0.25) is 14.4 Å². The van der Waals surface area contributed by atoms with Crippen LogP contribution in [0, 0.1) is 5.82 Å². The number of nitrogens with two attached hydrogens (primary N) is 1. The summed E-state index contributed by atoms with van der Waals surface area (Å²) in [4.78, 5) is 37.7. The van der Waals surface area contributed by atoms with Gasteiger partial charge >= 0.3 is 0 Å². The number of nitrogens with one attached hydrogen (secondary N) is 1. The van der Waals surface area contributed by atoms with Gasteiger partial charge in [-0.05, 0) is 37.1 Å². The van der Waals surface area contributed by atoms with E-state index < -0.39 is 6.04 Å². The molecule has 8 nitrogen and oxygen atoms in total. The largest absolute Gasteiger partial charge is 0.383 e. The molecule has 0 radical (unpaired) electrons. The fourth-order valence-electron chi connectivity index (χ4n) is 3.15. The third-order valence-corrected chi connectivity index (χ3v) is 4.51. The second-order valence-electron chi connectivity index (χ2n) is 6.35. The van der Waals surface area contributed by atoms with Crippen LogP contribution in [0.4, 0.5) is 10.2 Å². The lowest BCUT2D eigenvalue weighted by atomic mass is 10.0. The summed E-state index contributed by atoms with van der Waals surface area (Å²) < 4.78 is 14.4. The fraction of sp³-hybridized carbons (Fsp3) is 0.333. The highest BCUT2D eigenvalue weighted by molar-refractivity contribution is 6.05. The minimum absolute atomic E-state index is 0.132. The van der Waals surface area contributed by atoms with Crippen LogP contribution in [0.1, 0.15) is 30.1 Å². The first kappa shape index (κ1) is 18.6. The van der Waals surface area contributed by atoms with E-state index in [2.05, 4.69) is 10.4 Å². The molecule has 3 rings (SSSR count). The topological polar surface area (TPSA) is 110 Å². The molecule has 1 aromatic carbocycles. The van der Waals surface area contributed by atoms with E-state index in [9.17, 15) is 18.8 Å². The molecule has 0 unspecified atom stereocenters. The number of likely N-dealkylation sites (tertiary alicyclic amines) is 1. The molecule has 1 aliphatic rings. The number of amides is 2. The van der Waals surface area contributed by atoms with Crippen molar-refractivity contribution in [2.24, 2.45) is 0 Å². The highest BCUT2D eigenvalue weighted by atomic mass is 19.1. The lowest BCUT2D eigenvalue weighted by Crippen LogP contribution is -2.45. The van der Waals surface area contributed by atoms with Crippen LogP contribution in [0.15, 0.2) is 30.5 Å². The number of aromatic nitrogens is 2. The standard InChI is InChI=1S/C18H20FN5O3/c1-11(25)21-10-16(26)23-8-2-3-15(23)17(27)14-9-22-24(18(14)20)13-6-4-12(19)5-7-13/h4-7,9,15H,2-3,8,10,20H2,1H3,(H,21,25)/t15-/m1/s1. The molecule has 9 heteroatoms. The molecule has 27 heavy (non-hydrogen) atoms. The Morgan fingerprint density at radius 1 is 1.30 bits per heavy atom. The van der Waals surface area contributed by atoms with Crippen molar-refractivity contribution >= 4 is 23.4 Å². The van der Waals surface area contributed by atoms with Crippen LogP contribution in [-0.4, -0.2) is 51.4 Å². The summed E-state index contributed by atoms with van der Waals surface area (Å²) in [6.45, 7) is 1.62. The number of benzene rings is 1. The molecule has 2 heterocycles. The molecule has 0 saturated carbocycles. The third-order valence-electron chi connectivity index (χ3n) is 4.51. The molecule has 1 aromatic heterocycles. The highest BCUT2D eigenvalue weighted by Gasteiger charge is 2.36.